The molecule has 108 valence electrons. The Labute approximate surface area is 118 Å². The first-order chi connectivity index (χ1) is 9.65. The van der Waals surface area contributed by atoms with Crippen LogP contribution in [0.3, 0.4) is 0 Å². The number of benzene rings is 1. The Bertz CT molecular complexity index is 579. The van der Waals surface area contributed by atoms with Gasteiger partial charge in [-0.2, -0.15) is 4.98 Å². The molecular weight excluding hydrogens is 255 g/mol. The van der Waals surface area contributed by atoms with Crippen LogP contribution in [0.15, 0.2) is 18.2 Å². The molecule has 0 radical (unpaired) electrons. The fourth-order valence-corrected chi connectivity index (χ4v) is 2.44. The van der Waals surface area contributed by atoms with Gasteiger partial charge in [-0.25, -0.2) is 9.37 Å². The second-order valence-corrected chi connectivity index (χ2v) is 4.98. The quantitative estimate of drug-likeness (QED) is 0.843. The van der Waals surface area contributed by atoms with Crippen LogP contribution in [0.5, 0.6) is 0 Å². The predicted molar refractivity (Wildman–Crippen MR) is 81.1 cm³/mol. The highest BCUT2D eigenvalue weighted by Crippen LogP contribution is 2.25. The van der Waals surface area contributed by atoms with Crippen molar-refractivity contribution in [1.29, 1.82) is 0 Å². The van der Waals surface area contributed by atoms with Crippen LogP contribution in [0.1, 0.15) is 39.5 Å². The average Bonchev–Trinajstić information content (AvgIpc) is 2.38. The first kappa shape index (κ1) is 14.5. The number of rotatable bonds is 6. The van der Waals surface area contributed by atoms with Crippen LogP contribution in [0.25, 0.3) is 10.9 Å². The van der Waals surface area contributed by atoms with Crippen LogP contribution in [0.2, 0.25) is 0 Å². The topological polar surface area (TPSA) is 63.8 Å². The molecule has 0 aliphatic carbocycles. The molecule has 1 aromatic carbocycles. The van der Waals surface area contributed by atoms with Gasteiger partial charge in [0.2, 0.25) is 5.95 Å². The Kier molecular flexibility index (Phi) is 4.71. The van der Waals surface area contributed by atoms with Crippen LogP contribution in [0, 0.1) is 5.82 Å². The van der Waals surface area contributed by atoms with Crippen LogP contribution >= 0.6 is 0 Å². The Morgan fingerprint density at radius 2 is 1.90 bits per heavy atom. The van der Waals surface area contributed by atoms with E-state index in [0.29, 0.717) is 16.7 Å². The molecule has 1 heterocycles. The molecule has 1 aromatic heterocycles. The van der Waals surface area contributed by atoms with E-state index in [1.54, 1.807) is 12.1 Å². The smallest absolute Gasteiger partial charge is 0.222 e. The molecule has 0 spiro atoms. The molecule has 0 saturated heterocycles. The molecule has 0 unspecified atom stereocenters. The summed E-state index contributed by atoms with van der Waals surface area (Å²) in [5, 5.41) is 3.75. The zero-order chi connectivity index (χ0) is 14.5. The summed E-state index contributed by atoms with van der Waals surface area (Å²) in [6.07, 6.45) is 4.18. The lowest BCUT2D eigenvalue weighted by atomic mass is 10.1. The molecule has 2 rings (SSSR count). The number of nitrogen functional groups attached to an aromatic ring is 1. The Morgan fingerprint density at radius 3 is 2.55 bits per heavy atom. The van der Waals surface area contributed by atoms with Crippen molar-refractivity contribution >= 4 is 22.7 Å². The van der Waals surface area contributed by atoms with Gasteiger partial charge in [-0.15, -0.1) is 0 Å². The highest BCUT2D eigenvalue weighted by Gasteiger charge is 2.14. The summed E-state index contributed by atoms with van der Waals surface area (Å²) < 4.78 is 14.0. The van der Waals surface area contributed by atoms with Crippen LogP contribution in [-0.2, 0) is 0 Å². The lowest BCUT2D eigenvalue weighted by Gasteiger charge is -2.19. The molecule has 0 aliphatic rings. The fourth-order valence-electron chi connectivity index (χ4n) is 2.44. The van der Waals surface area contributed by atoms with Crippen molar-refractivity contribution in [2.75, 3.05) is 11.1 Å². The Morgan fingerprint density at radius 1 is 1.20 bits per heavy atom. The molecule has 4 nitrogen and oxygen atoms in total. The van der Waals surface area contributed by atoms with Gasteiger partial charge in [0.15, 0.2) is 0 Å². The minimum atomic E-state index is -0.322. The van der Waals surface area contributed by atoms with Gasteiger partial charge in [-0.05, 0) is 25.0 Å². The lowest BCUT2D eigenvalue weighted by Crippen LogP contribution is -2.20. The van der Waals surface area contributed by atoms with E-state index >= 15 is 0 Å². The summed E-state index contributed by atoms with van der Waals surface area (Å²) in [6.45, 7) is 4.27. The molecule has 0 fully saturated rings. The molecule has 0 bridgehead atoms. The van der Waals surface area contributed by atoms with Crippen molar-refractivity contribution in [1.82, 2.24) is 9.97 Å². The van der Waals surface area contributed by atoms with Gasteiger partial charge in [0.05, 0.1) is 10.9 Å². The van der Waals surface area contributed by atoms with Crippen LogP contribution in [0.4, 0.5) is 16.2 Å². The molecule has 2 aromatic rings. The second kappa shape index (κ2) is 6.50. The van der Waals surface area contributed by atoms with E-state index in [9.17, 15) is 4.39 Å². The molecule has 20 heavy (non-hydrogen) atoms. The van der Waals surface area contributed by atoms with Gasteiger partial charge in [-0.3, -0.25) is 0 Å². The van der Waals surface area contributed by atoms with E-state index in [2.05, 4.69) is 29.1 Å². The van der Waals surface area contributed by atoms with Crippen molar-refractivity contribution in [3.05, 3.63) is 24.0 Å². The SMILES string of the molecule is CCCC(CCC)Nc1nc(N)nc2cccc(F)c12. The molecular formula is C15H21FN4. The minimum Gasteiger partial charge on any atom is -0.368 e. The minimum absolute atomic E-state index is 0.164. The molecule has 5 heteroatoms. The first-order valence-electron chi connectivity index (χ1n) is 7.14. The van der Waals surface area contributed by atoms with Gasteiger partial charge in [0, 0.05) is 6.04 Å². The third-order valence-corrected chi connectivity index (χ3v) is 3.30. The monoisotopic (exact) mass is 276 g/mol. The van der Waals surface area contributed by atoms with Crippen molar-refractivity contribution in [2.45, 2.75) is 45.6 Å². The van der Waals surface area contributed by atoms with Gasteiger partial charge in [-0.1, -0.05) is 32.8 Å². The van der Waals surface area contributed by atoms with Gasteiger partial charge in [0.1, 0.15) is 11.6 Å². The van der Waals surface area contributed by atoms with Crippen LogP contribution < -0.4 is 11.1 Å². The highest BCUT2D eigenvalue weighted by atomic mass is 19.1. The highest BCUT2D eigenvalue weighted by molar-refractivity contribution is 5.90. The van der Waals surface area contributed by atoms with E-state index in [0.717, 1.165) is 25.7 Å². The Hall–Kier alpha value is -1.91. The van der Waals surface area contributed by atoms with E-state index in [1.165, 1.54) is 6.07 Å². The van der Waals surface area contributed by atoms with E-state index in [1.807, 2.05) is 0 Å². The number of hydrogen-bond donors (Lipinski definition) is 2. The molecule has 0 atom stereocenters. The first-order valence-corrected chi connectivity index (χ1v) is 7.14. The molecule has 0 aliphatic heterocycles. The van der Waals surface area contributed by atoms with Crippen molar-refractivity contribution in [2.24, 2.45) is 0 Å². The van der Waals surface area contributed by atoms with Crippen molar-refractivity contribution in [3.63, 3.8) is 0 Å². The number of halogens is 1. The van der Waals surface area contributed by atoms with Gasteiger partial charge >= 0.3 is 0 Å². The zero-order valence-corrected chi connectivity index (χ0v) is 12.0. The van der Waals surface area contributed by atoms with Crippen molar-refractivity contribution in [3.8, 4) is 0 Å². The third-order valence-electron chi connectivity index (χ3n) is 3.30. The molecule has 0 amide bonds. The molecule has 0 saturated carbocycles. The van der Waals surface area contributed by atoms with Gasteiger partial charge < -0.3 is 11.1 Å². The number of hydrogen-bond acceptors (Lipinski definition) is 4. The maximum Gasteiger partial charge on any atom is 0.222 e. The Balaban J connectivity index is 2.41. The number of aromatic nitrogens is 2. The number of nitrogens with zero attached hydrogens (tertiary/aromatic N) is 2. The maximum absolute atomic E-state index is 14.0. The summed E-state index contributed by atoms with van der Waals surface area (Å²) in [6, 6.07) is 5.07. The molecule has 3 N–H and O–H groups in total. The standard InChI is InChI=1S/C15H21FN4/c1-3-6-10(7-4-2)18-14-13-11(16)8-5-9-12(13)19-15(17)20-14/h5,8-10H,3-4,6-7H2,1-2H3,(H3,17,18,19,20). The largest absolute Gasteiger partial charge is 0.368 e. The number of nitrogens with one attached hydrogen (secondary N) is 1. The average molecular weight is 276 g/mol. The van der Waals surface area contributed by atoms with E-state index < -0.39 is 0 Å². The summed E-state index contributed by atoms with van der Waals surface area (Å²) in [5.41, 5.74) is 6.25. The summed E-state index contributed by atoms with van der Waals surface area (Å²) in [4.78, 5) is 8.27. The third kappa shape index (κ3) is 3.15. The maximum atomic E-state index is 14.0. The second-order valence-electron chi connectivity index (χ2n) is 4.98. The van der Waals surface area contributed by atoms with Crippen LogP contribution in [-0.4, -0.2) is 16.0 Å². The normalized spacial score (nSPS) is 11.2. The van der Waals surface area contributed by atoms with E-state index in [4.69, 9.17) is 5.73 Å². The number of fused-ring (bicyclic) bond motifs is 1. The predicted octanol–water partition coefficient (Wildman–Crippen LogP) is 3.73. The number of anilines is 2. The summed E-state index contributed by atoms with van der Waals surface area (Å²) in [5.74, 6) is 0.339. The summed E-state index contributed by atoms with van der Waals surface area (Å²) >= 11 is 0. The number of nitrogens with two attached hydrogens (primary N) is 1. The van der Waals surface area contributed by atoms with Gasteiger partial charge in [0.25, 0.3) is 0 Å². The van der Waals surface area contributed by atoms with Crippen molar-refractivity contribution < 1.29 is 4.39 Å². The van der Waals surface area contributed by atoms with E-state index in [-0.39, 0.29) is 17.8 Å². The lowest BCUT2D eigenvalue weighted by molar-refractivity contribution is 0.584. The zero-order valence-electron chi connectivity index (χ0n) is 12.0. The summed E-state index contributed by atoms with van der Waals surface area (Å²) in [7, 11) is 0. The fraction of sp³-hybridized carbons (Fsp3) is 0.467.